The van der Waals surface area contributed by atoms with Gasteiger partial charge in [0, 0.05) is 12.1 Å². The molecule has 1 aromatic rings. The van der Waals surface area contributed by atoms with Crippen LogP contribution in [0, 0.1) is 41.0 Å². The molecule has 2 saturated carbocycles. The van der Waals surface area contributed by atoms with Crippen LogP contribution in [0.4, 0.5) is 17.6 Å². The fraction of sp³-hybridized carbons (Fsp3) is 0.588. The van der Waals surface area contributed by atoms with Crippen molar-refractivity contribution in [3.8, 4) is 5.75 Å². The van der Waals surface area contributed by atoms with Gasteiger partial charge >= 0.3 is 0 Å². The van der Waals surface area contributed by atoms with E-state index in [1.807, 2.05) is 6.92 Å². The van der Waals surface area contributed by atoms with E-state index in [1.165, 1.54) is 19.3 Å². The highest BCUT2D eigenvalue weighted by molar-refractivity contribution is 5.77. The lowest BCUT2D eigenvalue weighted by molar-refractivity contribution is -0.124. The van der Waals surface area contributed by atoms with E-state index in [0.717, 1.165) is 12.3 Å². The maximum atomic E-state index is 13.5. The molecule has 2 fully saturated rings. The molecular formula is C17H19F4NO2. The van der Waals surface area contributed by atoms with Gasteiger partial charge < -0.3 is 10.1 Å². The molecule has 1 amide bonds. The first kappa shape index (κ1) is 17.0. The van der Waals surface area contributed by atoms with Crippen molar-refractivity contribution >= 4 is 5.91 Å². The number of halogens is 4. The normalized spacial score (nSPS) is 26.5. The SMILES string of the molecule is C[C@@H](NC(=O)COc1c(F)c(F)cc(F)c1F)[C@@H]1C[C@@H]2CC[C@@H]1C2. The average molecular weight is 345 g/mol. The van der Waals surface area contributed by atoms with Gasteiger partial charge in [-0.1, -0.05) is 6.42 Å². The van der Waals surface area contributed by atoms with E-state index >= 15 is 0 Å². The van der Waals surface area contributed by atoms with Gasteiger partial charge in [0.25, 0.3) is 5.91 Å². The van der Waals surface area contributed by atoms with E-state index in [-0.39, 0.29) is 12.1 Å². The first-order valence-corrected chi connectivity index (χ1v) is 8.12. The minimum atomic E-state index is -1.65. The first-order valence-electron chi connectivity index (χ1n) is 8.12. The molecule has 4 atom stereocenters. The van der Waals surface area contributed by atoms with Gasteiger partial charge in [-0.2, -0.15) is 8.78 Å². The standard InChI is InChI=1S/C17H19F4NO2/c1-8(11-5-9-2-3-10(11)4-9)22-14(23)7-24-17-15(20)12(18)6-13(19)16(17)21/h6,8-11H,2-5,7H2,1H3,(H,22,23)/t8-,9-,10-,11+/m1/s1. The third-order valence-corrected chi connectivity index (χ3v) is 5.24. The van der Waals surface area contributed by atoms with Crippen LogP contribution in [-0.4, -0.2) is 18.6 Å². The molecule has 132 valence electrons. The molecule has 0 unspecified atom stereocenters. The monoisotopic (exact) mass is 345 g/mol. The predicted octanol–water partition coefficient (Wildman–Crippen LogP) is 3.56. The van der Waals surface area contributed by atoms with Crippen molar-refractivity contribution < 1.29 is 27.1 Å². The smallest absolute Gasteiger partial charge is 0.258 e. The second-order valence-electron chi connectivity index (χ2n) is 6.78. The number of rotatable bonds is 5. The van der Waals surface area contributed by atoms with E-state index in [2.05, 4.69) is 10.1 Å². The average Bonchev–Trinajstić information content (AvgIpc) is 3.16. The zero-order chi connectivity index (χ0) is 17.4. The van der Waals surface area contributed by atoms with Crippen LogP contribution in [0.3, 0.4) is 0 Å². The molecule has 1 aromatic carbocycles. The van der Waals surface area contributed by atoms with Crippen molar-refractivity contribution in [3.63, 3.8) is 0 Å². The van der Waals surface area contributed by atoms with Crippen LogP contribution >= 0.6 is 0 Å². The zero-order valence-electron chi connectivity index (χ0n) is 13.3. The van der Waals surface area contributed by atoms with Crippen LogP contribution in [0.15, 0.2) is 6.07 Å². The summed E-state index contributed by atoms with van der Waals surface area (Å²) in [6.07, 6.45) is 4.69. The number of hydrogen-bond donors (Lipinski definition) is 1. The Balaban J connectivity index is 1.56. The number of carbonyl (C=O) groups excluding carboxylic acids is 1. The van der Waals surface area contributed by atoms with Crippen molar-refractivity contribution in [2.24, 2.45) is 17.8 Å². The fourth-order valence-corrected chi connectivity index (χ4v) is 4.12. The second-order valence-corrected chi connectivity index (χ2v) is 6.78. The molecule has 3 nitrogen and oxygen atoms in total. The summed E-state index contributed by atoms with van der Waals surface area (Å²) in [7, 11) is 0. The lowest BCUT2D eigenvalue weighted by Crippen LogP contribution is -2.42. The van der Waals surface area contributed by atoms with E-state index < -0.39 is 41.5 Å². The van der Waals surface area contributed by atoms with Gasteiger partial charge in [0.2, 0.25) is 11.6 Å². The molecule has 2 aliphatic carbocycles. The summed E-state index contributed by atoms with van der Waals surface area (Å²) >= 11 is 0. The number of amides is 1. The lowest BCUT2D eigenvalue weighted by atomic mass is 9.84. The van der Waals surface area contributed by atoms with E-state index in [4.69, 9.17) is 0 Å². The minimum absolute atomic E-state index is 0.0738. The number of nitrogens with one attached hydrogen (secondary N) is 1. The maximum absolute atomic E-state index is 13.5. The highest BCUT2D eigenvalue weighted by atomic mass is 19.2. The Morgan fingerprint density at radius 3 is 2.42 bits per heavy atom. The molecule has 2 aliphatic rings. The zero-order valence-corrected chi connectivity index (χ0v) is 13.3. The summed E-state index contributed by atoms with van der Waals surface area (Å²) in [6, 6.07) is 0.0183. The Kier molecular flexibility index (Phi) is 4.69. The van der Waals surface area contributed by atoms with E-state index in [1.54, 1.807) is 0 Å². The van der Waals surface area contributed by atoms with Gasteiger partial charge in [0.15, 0.2) is 24.0 Å². The second kappa shape index (κ2) is 6.61. The van der Waals surface area contributed by atoms with Crippen molar-refractivity contribution in [1.82, 2.24) is 5.32 Å². The number of fused-ring (bicyclic) bond motifs is 2. The van der Waals surface area contributed by atoms with Crippen LogP contribution in [0.25, 0.3) is 0 Å². The Morgan fingerprint density at radius 2 is 1.88 bits per heavy atom. The topological polar surface area (TPSA) is 38.3 Å². The molecule has 0 heterocycles. The first-order chi connectivity index (χ1) is 11.4. The van der Waals surface area contributed by atoms with E-state index in [0.29, 0.717) is 11.8 Å². The number of hydrogen-bond acceptors (Lipinski definition) is 2. The van der Waals surface area contributed by atoms with Crippen LogP contribution < -0.4 is 10.1 Å². The number of ether oxygens (including phenoxy) is 1. The summed E-state index contributed by atoms with van der Waals surface area (Å²) in [5.74, 6) is -6.49. The van der Waals surface area contributed by atoms with Crippen LogP contribution in [-0.2, 0) is 4.79 Å². The predicted molar refractivity (Wildman–Crippen MR) is 78.3 cm³/mol. The van der Waals surface area contributed by atoms with Crippen molar-refractivity contribution in [1.29, 1.82) is 0 Å². The third kappa shape index (κ3) is 3.21. The van der Waals surface area contributed by atoms with Crippen LogP contribution in [0.2, 0.25) is 0 Å². The van der Waals surface area contributed by atoms with Crippen molar-refractivity contribution in [3.05, 3.63) is 29.3 Å². The molecule has 7 heteroatoms. The van der Waals surface area contributed by atoms with Crippen LogP contribution in [0.5, 0.6) is 5.75 Å². The van der Waals surface area contributed by atoms with E-state index in [9.17, 15) is 22.4 Å². The molecular weight excluding hydrogens is 326 g/mol. The minimum Gasteiger partial charge on any atom is -0.477 e. The summed E-state index contributed by atoms with van der Waals surface area (Å²) < 4.78 is 57.8. The number of carbonyl (C=O) groups is 1. The Hall–Kier alpha value is -1.79. The lowest BCUT2D eigenvalue weighted by Gasteiger charge is -2.28. The molecule has 0 aromatic heterocycles. The molecule has 0 aliphatic heterocycles. The van der Waals surface area contributed by atoms with Gasteiger partial charge in [-0.3, -0.25) is 4.79 Å². The Labute approximate surface area is 137 Å². The highest BCUT2D eigenvalue weighted by Gasteiger charge is 2.42. The van der Waals surface area contributed by atoms with Gasteiger partial charge in [-0.05, 0) is 43.9 Å². The summed E-state index contributed by atoms with van der Waals surface area (Å²) in [4.78, 5) is 11.9. The molecule has 24 heavy (non-hydrogen) atoms. The highest BCUT2D eigenvalue weighted by Crippen LogP contribution is 2.49. The maximum Gasteiger partial charge on any atom is 0.258 e. The van der Waals surface area contributed by atoms with Gasteiger partial charge in [-0.15, -0.1) is 0 Å². The molecule has 2 bridgehead atoms. The summed E-state index contributed by atoms with van der Waals surface area (Å²) in [6.45, 7) is 1.19. The van der Waals surface area contributed by atoms with Crippen molar-refractivity contribution in [2.45, 2.75) is 38.6 Å². The fourth-order valence-electron chi connectivity index (χ4n) is 4.12. The largest absolute Gasteiger partial charge is 0.477 e. The quantitative estimate of drug-likeness (QED) is 0.655. The molecule has 1 N–H and O–H groups in total. The van der Waals surface area contributed by atoms with Gasteiger partial charge in [0.1, 0.15) is 0 Å². The number of benzene rings is 1. The van der Waals surface area contributed by atoms with Crippen LogP contribution in [0.1, 0.15) is 32.6 Å². The molecule has 0 radical (unpaired) electrons. The van der Waals surface area contributed by atoms with Gasteiger partial charge in [-0.25, -0.2) is 8.78 Å². The van der Waals surface area contributed by atoms with Crippen molar-refractivity contribution in [2.75, 3.05) is 6.61 Å². The summed E-state index contributed by atoms with van der Waals surface area (Å²) in [5, 5.41) is 2.75. The molecule has 0 spiro atoms. The Bertz CT molecular complexity index is 626. The Morgan fingerprint density at radius 1 is 1.21 bits per heavy atom. The van der Waals surface area contributed by atoms with Gasteiger partial charge in [0.05, 0.1) is 0 Å². The summed E-state index contributed by atoms with van der Waals surface area (Å²) in [5.41, 5.74) is 0. The molecule has 3 rings (SSSR count). The third-order valence-electron chi connectivity index (χ3n) is 5.24. The molecule has 0 saturated heterocycles.